The van der Waals surface area contributed by atoms with Gasteiger partial charge in [0.2, 0.25) is 0 Å². The molecule has 3 heterocycles. The van der Waals surface area contributed by atoms with E-state index < -0.39 is 0 Å². The molecule has 2 aromatic heterocycles. The Morgan fingerprint density at radius 3 is 3.06 bits per heavy atom. The molecule has 0 bridgehead atoms. The molecule has 1 atom stereocenters. The molecule has 0 amide bonds. The normalized spacial score (nSPS) is 18.9. The lowest BCUT2D eigenvalue weighted by atomic mass is 10.4. The molecule has 0 aliphatic carbocycles. The molecule has 16 heavy (non-hydrogen) atoms. The average molecular weight is 222 g/mol. The summed E-state index contributed by atoms with van der Waals surface area (Å²) in [7, 11) is 1.66. The molecule has 0 radical (unpaired) electrons. The number of hydrogen-bond donors (Lipinski definition) is 0. The van der Waals surface area contributed by atoms with E-state index in [0.717, 1.165) is 0 Å². The first-order chi connectivity index (χ1) is 7.75. The molecule has 84 valence electrons. The van der Waals surface area contributed by atoms with Gasteiger partial charge in [0.1, 0.15) is 18.1 Å². The van der Waals surface area contributed by atoms with Gasteiger partial charge in [-0.2, -0.15) is 0 Å². The maximum Gasteiger partial charge on any atom is 0.346 e. The molecule has 0 N–H and O–H groups in total. The van der Waals surface area contributed by atoms with E-state index in [2.05, 4.69) is 10.1 Å². The van der Waals surface area contributed by atoms with Gasteiger partial charge in [-0.05, 0) is 0 Å². The van der Waals surface area contributed by atoms with Crippen molar-refractivity contribution < 1.29 is 9.15 Å². The lowest BCUT2D eigenvalue weighted by Gasteiger charge is -1.91. The SMILES string of the molecule is Cn1c(-c2cocn2)nn(CC2CO2)c1=O. The highest BCUT2D eigenvalue weighted by molar-refractivity contribution is 5.45. The lowest BCUT2D eigenvalue weighted by molar-refractivity contribution is 0.369. The Balaban J connectivity index is 2.02. The van der Waals surface area contributed by atoms with Gasteiger partial charge in [0, 0.05) is 7.05 Å². The van der Waals surface area contributed by atoms with Crippen LogP contribution >= 0.6 is 0 Å². The second-order valence-electron chi connectivity index (χ2n) is 3.68. The Bertz CT molecular complexity index is 550. The minimum Gasteiger partial charge on any atom is -0.451 e. The molecule has 1 aliphatic heterocycles. The summed E-state index contributed by atoms with van der Waals surface area (Å²) < 4.78 is 12.8. The third kappa shape index (κ3) is 1.45. The van der Waals surface area contributed by atoms with Crippen molar-refractivity contribution in [3.63, 3.8) is 0 Å². The minimum atomic E-state index is -0.173. The van der Waals surface area contributed by atoms with Crippen molar-refractivity contribution in [3.05, 3.63) is 23.1 Å². The number of epoxide rings is 1. The molecule has 1 aliphatic rings. The van der Waals surface area contributed by atoms with Crippen LogP contribution in [0.5, 0.6) is 0 Å². The Morgan fingerprint density at radius 1 is 1.62 bits per heavy atom. The molecule has 1 unspecified atom stereocenters. The van der Waals surface area contributed by atoms with E-state index in [4.69, 9.17) is 9.15 Å². The highest BCUT2D eigenvalue weighted by Gasteiger charge is 2.25. The first-order valence-corrected chi connectivity index (χ1v) is 4.89. The number of hydrogen-bond acceptors (Lipinski definition) is 5. The summed E-state index contributed by atoms with van der Waals surface area (Å²) in [6, 6.07) is 0. The van der Waals surface area contributed by atoms with Gasteiger partial charge in [0.05, 0.1) is 13.2 Å². The fraction of sp³-hybridized carbons (Fsp3) is 0.444. The maximum atomic E-state index is 11.8. The van der Waals surface area contributed by atoms with E-state index in [1.807, 2.05) is 0 Å². The van der Waals surface area contributed by atoms with E-state index in [9.17, 15) is 4.79 Å². The number of nitrogens with zero attached hydrogens (tertiary/aromatic N) is 4. The summed E-state index contributed by atoms with van der Waals surface area (Å²) in [4.78, 5) is 15.8. The maximum absolute atomic E-state index is 11.8. The van der Waals surface area contributed by atoms with Crippen LogP contribution in [0.25, 0.3) is 11.5 Å². The Labute approximate surface area is 90.3 Å². The van der Waals surface area contributed by atoms with Crippen LogP contribution in [-0.4, -0.2) is 32.0 Å². The van der Waals surface area contributed by atoms with Crippen molar-refractivity contribution in [2.75, 3.05) is 6.61 Å². The van der Waals surface area contributed by atoms with Crippen molar-refractivity contribution in [2.24, 2.45) is 7.05 Å². The number of aromatic nitrogens is 4. The molecule has 0 aromatic carbocycles. The van der Waals surface area contributed by atoms with E-state index >= 15 is 0 Å². The topological polar surface area (TPSA) is 78.4 Å². The van der Waals surface area contributed by atoms with E-state index in [1.165, 1.54) is 21.9 Å². The zero-order valence-electron chi connectivity index (χ0n) is 8.66. The fourth-order valence-electron chi connectivity index (χ4n) is 1.52. The van der Waals surface area contributed by atoms with E-state index in [-0.39, 0.29) is 11.8 Å². The predicted octanol–water partition coefficient (Wildman–Crippen LogP) is -0.364. The van der Waals surface area contributed by atoms with Gasteiger partial charge in [-0.25, -0.2) is 14.5 Å². The molecule has 7 nitrogen and oxygen atoms in total. The minimum absolute atomic E-state index is 0.123. The van der Waals surface area contributed by atoms with Gasteiger partial charge in [-0.1, -0.05) is 0 Å². The summed E-state index contributed by atoms with van der Waals surface area (Å²) in [5.74, 6) is 0.499. The monoisotopic (exact) mass is 222 g/mol. The predicted molar refractivity (Wildman–Crippen MR) is 52.7 cm³/mol. The fourth-order valence-corrected chi connectivity index (χ4v) is 1.52. The van der Waals surface area contributed by atoms with Gasteiger partial charge < -0.3 is 9.15 Å². The van der Waals surface area contributed by atoms with Crippen LogP contribution in [0, 0.1) is 0 Å². The lowest BCUT2D eigenvalue weighted by Crippen LogP contribution is -2.25. The van der Waals surface area contributed by atoms with Gasteiger partial charge in [-0.3, -0.25) is 4.57 Å². The van der Waals surface area contributed by atoms with E-state index in [1.54, 1.807) is 7.05 Å². The number of ether oxygens (including phenoxy) is 1. The van der Waals surface area contributed by atoms with Crippen LogP contribution in [0.1, 0.15) is 0 Å². The number of rotatable bonds is 3. The van der Waals surface area contributed by atoms with Gasteiger partial charge in [-0.15, -0.1) is 5.10 Å². The van der Waals surface area contributed by atoms with Crippen molar-refractivity contribution in [1.82, 2.24) is 19.3 Å². The van der Waals surface area contributed by atoms with Crippen LogP contribution in [0.15, 0.2) is 21.9 Å². The summed E-state index contributed by atoms with van der Waals surface area (Å²) in [6.07, 6.45) is 2.89. The van der Waals surface area contributed by atoms with Gasteiger partial charge in [0.25, 0.3) is 0 Å². The molecule has 2 aromatic rings. The zero-order chi connectivity index (χ0) is 11.1. The Morgan fingerprint density at radius 2 is 2.44 bits per heavy atom. The molecule has 7 heteroatoms. The highest BCUT2D eigenvalue weighted by atomic mass is 16.6. The molecule has 1 saturated heterocycles. The van der Waals surface area contributed by atoms with Crippen LogP contribution in [0.4, 0.5) is 0 Å². The average Bonchev–Trinajstić information content (AvgIpc) is 2.84. The van der Waals surface area contributed by atoms with Crippen LogP contribution < -0.4 is 5.69 Å². The van der Waals surface area contributed by atoms with Gasteiger partial charge >= 0.3 is 5.69 Å². The first-order valence-electron chi connectivity index (χ1n) is 4.89. The summed E-state index contributed by atoms with van der Waals surface area (Å²) in [5, 5.41) is 4.20. The van der Waals surface area contributed by atoms with Crippen LogP contribution in [-0.2, 0) is 18.3 Å². The Hall–Kier alpha value is -1.89. The summed E-state index contributed by atoms with van der Waals surface area (Å²) in [6.45, 7) is 1.19. The van der Waals surface area contributed by atoms with Crippen LogP contribution in [0.2, 0.25) is 0 Å². The molecule has 0 saturated carbocycles. The third-order valence-corrected chi connectivity index (χ3v) is 2.48. The second-order valence-corrected chi connectivity index (χ2v) is 3.68. The van der Waals surface area contributed by atoms with Crippen molar-refractivity contribution in [2.45, 2.75) is 12.6 Å². The molecular weight excluding hydrogens is 212 g/mol. The largest absolute Gasteiger partial charge is 0.451 e. The second kappa shape index (κ2) is 3.31. The molecular formula is C9H10N4O3. The van der Waals surface area contributed by atoms with Crippen molar-refractivity contribution in [1.29, 1.82) is 0 Å². The zero-order valence-corrected chi connectivity index (χ0v) is 8.66. The highest BCUT2D eigenvalue weighted by Crippen LogP contribution is 2.13. The van der Waals surface area contributed by atoms with Gasteiger partial charge in [0.15, 0.2) is 12.2 Å². The van der Waals surface area contributed by atoms with Crippen molar-refractivity contribution in [3.8, 4) is 11.5 Å². The summed E-state index contributed by atoms with van der Waals surface area (Å²) in [5.41, 5.74) is 0.378. The smallest absolute Gasteiger partial charge is 0.346 e. The molecule has 0 spiro atoms. The number of oxazole rings is 1. The van der Waals surface area contributed by atoms with E-state index in [0.29, 0.717) is 24.7 Å². The quantitative estimate of drug-likeness (QED) is 0.662. The standard InChI is InChI=1S/C9H10N4O3/c1-12-8(7-4-15-5-10-7)11-13(9(12)14)2-6-3-16-6/h4-6H,2-3H2,1H3. The Kier molecular flexibility index (Phi) is 1.93. The van der Waals surface area contributed by atoms with Crippen LogP contribution in [0.3, 0.4) is 0 Å². The third-order valence-electron chi connectivity index (χ3n) is 2.48. The molecule has 3 rings (SSSR count). The van der Waals surface area contributed by atoms with Crippen molar-refractivity contribution >= 4 is 0 Å². The molecule has 1 fully saturated rings. The summed E-state index contributed by atoms with van der Waals surface area (Å²) >= 11 is 0. The first kappa shape index (κ1) is 9.34.